The molecule has 1 fully saturated rings. The van der Waals surface area contributed by atoms with Gasteiger partial charge >= 0.3 is 6.36 Å². The molecular formula is C23H37F3N2O5. The number of hydrogen-bond acceptors (Lipinski definition) is 7. The molecule has 1 heterocycles. The van der Waals surface area contributed by atoms with E-state index in [4.69, 9.17) is 18.9 Å². The molecular weight excluding hydrogens is 441 g/mol. The summed E-state index contributed by atoms with van der Waals surface area (Å²) in [6.07, 6.45) is -3.69. The van der Waals surface area contributed by atoms with Crippen molar-refractivity contribution in [2.75, 3.05) is 83.9 Å². The number of hydrogen-bond donors (Lipinski definition) is 0. The van der Waals surface area contributed by atoms with Gasteiger partial charge in [0.25, 0.3) is 0 Å². The monoisotopic (exact) mass is 478 g/mol. The summed E-state index contributed by atoms with van der Waals surface area (Å²) in [5, 5.41) is 0. The van der Waals surface area contributed by atoms with Gasteiger partial charge in [0, 0.05) is 44.5 Å². The van der Waals surface area contributed by atoms with E-state index < -0.39 is 6.36 Å². The molecule has 2 rings (SSSR count). The molecule has 33 heavy (non-hydrogen) atoms. The highest BCUT2D eigenvalue weighted by Crippen LogP contribution is 2.26. The van der Waals surface area contributed by atoms with Crippen molar-refractivity contribution < 1.29 is 36.9 Å². The predicted molar refractivity (Wildman–Crippen MR) is 120 cm³/mol. The lowest BCUT2D eigenvalue weighted by molar-refractivity contribution is -0.274. The standard InChI is InChI=1S/C23H37F3N2O5/c1-3-20(19-32-18-17-31-16-15-30-14-13-29-4-2)27-9-11-28(12-10-27)21-5-7-22(8-6-21)33-23(24,25)26/h5-8,20H,3-4,9-19H2,1-2H3. The van der Waals surface area contributed by atoms with E-state index >= 15 is 0 Å². The zero-order valence-corrected chi connectivity index (χ0v) is 19.6. The van der Waals surface area contributed by atoms with Crippen LogP contribution in [0.2, 0.25) is 0 Å². The van der Waals surface area contributed by atoms with E-state index in [1.165, 1.54) is 12.1 Å². The molecule has 0 aliphatic carbocycles. The van der Waals surface area contributed by atoms with E-state index in [0.29, 0.717) is 58.9 Å². The Bertz CT molecular complexity index is 626. The maximum absolute atomic E-state index is 12.3. The first-order valence-electron chi connectivity index (χ1n) is 11.6. The lowest BCUT2D eigenvalue weighted by Crippen LogP contribution is -2.51. The summed E-state index contributed by atoms with van der Waals surface area (Å²) in [6.45, 7) is 12.2. The summed E-state index contributed by atoms with van der Waals surface area (Å²) in [5.41, 5.74) is 0.896. The Labute approximate surface area is 194 Å². The molecule has 0 radical (unpaired) electrons. The second-order valence-corrected chi connectivity index (χ2v) is 7.62. The van der Waals surface area contributed by atoms with Gasteiger partial charge in [-0.05, 0) is 37.6 Å². The average Bonchev–Trinajstić information content (AvgIpc) is 2.80. The minimum Gasteiger partial charge on any atom is -0.406 e. The molecule has 1 saturated heterocycles. The van der Waals surface area contributed by atoms with Gasteiger partial charge in [-0.25, -0.2) is 0 Å². The molecule has 0 aromatic heterocycles. The molecule has 7 nitrogen and oxygen atoms in total. The van der Waals surface area contributed by atoms with Crippen molar-refractivity contribution in [2.24, 2.45) is 0 Å². The Morgan fingerprint density at radius 2 is 1.33 bits per heavy atom. The van der Waals surface area contributed by atoms with Gasteiger partial charge in [0.1, 0.15) is 5.75 Å². The molecule has 1 unspecified atom stereocenters. The van der Waals surface area contributed by atoms with Crippen LogP contribution in [-0.4, -0.2) is 96.3 Å². The lowest BCUT2D eigenvalue weighted by atomic mass is 10.1. The van der Waals surface area contributed by atoms with E-state index in [1.807, 2.05) is 6.92 Å². The van der Waals surface area contributed by atoms with Crippen LogP contribution >= 0.6 is 0 Å². The molecule has 0 N–H and O–H groups in total. The first kappa shape index (κ1) is 27.7. The molecule has 0 saturated carbocycles. The molecule has 1 aromatic carbocycles. The second kappa shape index (κ2) is 15.3. The molecule has 0 amide bonds. The Hall–Kier alpha value is -1.59. The summed E-state index contributed by atoms with van der Waals surface area (Å²) >= 11 is 0. The Morgan fingerprint density at radius 3 is 1.85 bits per heavy atom. The highest BCUT2D eigenvalue weighted by Gasteiger charge is 2.31. The molecule has 1 aliphatic heterocycles. The van der Waals surface area contributed by atoms with Crippen molar-refractivity contribution in [1.29, 1.82) is 0 Å². The highest BCUT2D eigenvalue weighted by molar-refractivity contribution is 5.49. The first-order valence-corrected chi connectivity index (χ1v) is 11.6. The normalized spacial score (nSPS) is 16.2. The Morgan fingerprint density at radius 1 is 0.788 bits per heavy atom. The van der Waals surface area contributed by atoms with Gasteiger partial charge < -0.3 is 28.6 Å². The number of rotatable bonds is 16. The fourth-order valence-electron chi connectivity index (χ4n) is 3.61. The third-order valence-electron chi connectivity index (χ3n) is 5.37. The van der Waals surface area contributed by atoms with Crippen LogP contribution in [0.15, 0.2) is 24.3 Å². The van der Waals surface area contributed by atoms with Crippen LogP contribution in [0.4, 0.5) is 18.9 Å². The fraction of sp³-hybridized carbons (Fsp3) is 0.739. The maximum Gasteiger partial charge on any atom is 0.573 e. The number of piperazine rings is 1. The van der Waals surface area contributed by atoms with E-state index in [1.54, 1.807) is 12.1 Å². The number of nitrogens with zero attached hydrogens (tertiary/aromatic N) is 2. The summed E-state index contributed by atoms with van der Waals surface area (Å²) < 4.78 is 62.8. The predicted octanol–water partition coefficient (Wildman–Crippen LogP) is 3.57. The highest BCUT2D eigenvalue weighted by atomic mass is 19.4. The van der Waals surface area contributed by atoms with Crippen LogP contribution in [0.25, 0.3) is 0 Å². The van der Waals surface area contributed by atoms with Crippen molar-refractivity contribution in [3.63, 3.8) is 0 Å². The lowest BCUT2D eigenvalue weighted by Gasteiger charge is -2.40. The van der Waals surface area contributed by atoms with Crippen molar-refractivity contribution in [2.45, 2.75) is 32.7 Å². The second-order valence-electron chi connectivity index (χ2n) is 7.62. The van der Waals surface area contributed by atoms with Gasteiger partial charge in [-0.3, -0.25) is 4.90 Å². The van der Waals surface area contributed by atoms with E-state index in [2.05, 4.69) is 21.5 Å². The molecule has 1 aromatic rings. The van der Waals surface area contributed by atoms with Gasteiger partial charge in [0.05, 0.1) is 46.2 Å². The number of halogens is 3. The summed E-state index contributed by atoms with van der Waals surface area (Å²) in [7, 11) is 0. The van der Waals surface area contributed by atoms with Crippen LogP contribution in [0.5, 0.6) is 5.75 Å². The SMILES string of the molecule is CCOCCOCCOCCOCC(CC)N1CCN(c2ccc(OC(F)(F)F)cc2)CC1. The molecule has 190 valence electrons. The minimum absolute atomic E-state index is 0.203. The average molecular weight is 479 g/mol. The smallest absolute Gasteiger partial charge is 0.406 e. The zero-order valence-electron chi connectivity index (χ0n) is 19.6. The number of anilines is 1. The van der Waals surface area contributed by atoms with Gasteiger partial charge in [-0.15, -0.1) is 13.2 Å². The first-order chi connectivity index (χ1) is 15.9. The Kier molecular flexibility index (Phi) is 12.9. The number of ether oxygens (including phenoxy) is 5. The van der Waals surface area contributed by atoms with Gasteiger partial charge in [0.2, 0.25) is 0 Å². The molecule has 10 heteroatoms. The molecule has 1 atom stereocenters. The van der Waals surface area contributed by atoms with Crippen LogP contribution in [0, 0.1) is 0 Å². The van der Waals surface area contributed by atoms with Crippen molar-refractivity contribution in [3.05, 3.63) is 24.3 Å². The van der Waals surface area contributed by atoms with Crippen molar-refractivity contribution >= 4 is 5.69 Å². The molecule has 1 aliphatic rings. The van der Waals surface area contributed by atoms with Crippen LogP contribution in [-0.2, 0) is 18.9 Å². The van der Waals surface area contributed by atoms with E-state index in [-0.39, 0.29) is 5.75 Å². The summed E-state index contributed by atoms with van der Waals surface area (Å²) in [6, 6.07) is 6.37. The van der Waals surface area contributed by atoms with Crippen LogP contribution in [0.3, 0.4) is 0 Å². The largest absolute Gasteiger partial charge is 0.573 e. The number of benzene rings is 1. The van der Waals surface area contributed by atoms with E-state index in [0.717, 1.165) is 38.3 Å². The zero-order chi connectivity index (χ0) is 23.9. The minimum atomic E-state index is -4.67. The van der Waals surface area contributed by atoms with Crippen molar-refractivity contribution in [3.8, 4) is 5.75 Å². The third kappa shape index (κ3) is 11.4. The van der Waals surface area contributed by atoms with Crippen LogP contribution in [0.1, 0.15) is 20.3 Å². The van der Waals surface area contributed by atoms with E-state index in [9.17, 15) is 13.2 Å². The van der Waals surface area contributed by atoms with Gasteiger partial charge in [0.15, 0.2) is 0 Å². The van der Waals surface area contributed by atoms with Gasteiger partial charge in [-0.2, -0.15) is 0 Å². The quantitative estimate of drug-likeness (QED) is 0.337. The Balaban J connectivity index is 1.59. The van der Waals surface area contributed by atoms with Crippen molar-refractivity contribution in [1.82, 2.24) is 4.90 Å². The molecule has 0 spiro atoms. The van der Waals surface area contributed by atoms with Crippen LogP contribution < -0.4 is 9.64 Å². The molecule has 0 bridgehead atoms. The maximum atomic E-state index is 12.3. The summed E-state index contributed by atoms with van der Waals surface area (Å²) in [5.74, 6) is -0.203. The fourth-order valence-corrected chi connectivity index (χ4v) is 3.61. The summed E-state index contributed by atoms with van der Waals surface area (Å²) in [4.78, 5) is 4.58. The van der Waals surface area contributed by atoms with Gasteiger partial charge in [-0.1, -0.05) is 6.92 Å². The third-order valence-corrected chi connectivity index (χ3v) is 5.37. The topological polar surface area (TPSA) is 52.6 Å². The number of alkyl halides is 3.